The summed E-state index contributed by atoms with van der Waals surface area (Å²) in [5.74, 6) is 2.30. The van der Waals surface area contributed by atoms with Crippen molar-refractivity contribution in [1.29, 1.82) is 0 Å². The van der Waals surface area contributed by atoms with E-state index in [9.17, 15) is 4.79 Å². The number of ether oxygens (including phenoxy) is 4. The Balaban J connectivity index is 1.74. The fourth-order valence-electron chi connectivity index (χ4n) is 3.87. The third-order valence-corrected chi connectivity index (χ3v) is 5.46. The molecule has 6 heteroatoms. The summed E-state index contributed by atoms with van der Waals surface area (Å²) >= 11 is 0. The Bertz CT molecular complexity index is 1140. The largest absolute Gasteiger partial charge is 0.497 e. The molecule has 164 valence electrons. The molecule has 0 fully saturated rings. The highest BCUT2D eigenvalue weighted by atomic mass is 16.5. The molecule has 0 unspecified atom stereocenters. The van der Waals surface area contributed by atoms with E-state index in [0.717, 1.165) is 28.1 Å². The van der Waals surface area contributed by atoms with E-state index in [1.54, 1.807) is 33.3 Å². The highest BCUT2D eigenvalue weighted by Gasteiger charge is 2.32. The number of hydrogen-bond donors (Lipinski definition) is 0. The summed E-state index contributed by atoms with van der Waals surface area (Å²) < 4.78 is 21.6. The summed E-state index contributed by atoms with van der Waals surface area (Å²) in [5, 5.41) is 0. The zero-order valence-electron chi connectivity index (χ0n) is 18.5. The van der Waals surface area contributed by atoms with Crippen LogP contribution >= 0.6 is 0 Å². The molecule has 4 rings (SSSR count). The van der Waals surface area contributed by atoms with Gasteiger partial charge in [-0.1, -0.05) is 30.3 Å². The van der Waals surface area contributed by atoms with E-state index in [-0.39, 0.29) is 5.91 Å². The van der Waals surface area contributed by atoms with Crippen molar-refractivity contribution >= 4 is 23.2 Å². The van der Waals surface area contributed by atoms with Crippen molar-refractivity contribution in [2.45, 2.75) is 6.54 Å². The zero-order valence-corrected chi connectivity index (χ0v) is 18.5. The Morgan fingerprint density at radius 3 is 2.06 bits per heavy atom. The lowest BCUT2D eigenvalue weighted by atomic mass is 10.0. The van der Waals surface area contributed by atoms with E-state index < -0.39 is 0 Å². The van der Waals surface area contributed by atoms with Crippen LogP contribution in [0.3, 0.4) is 0 Å². The molecule has 0 N–H and O–H groups in total. The molecule has 0 radical (unpaired) electrons. The molecule has 1 heterocycles. The molecule has 0 aromatic heterocycles. The lowest BCUT2D eigenvalue weighted by molar-refractivity contribution is -0.113. The highest BCUT2D eigenvalue weighted by Crippen LogP contribution is 2.42. The summed E-state index contributed by atoms with van der Waals surface area (Å²) in [5.41, 5.74) is 4.18. The number of anilines is 1. The molecule has 6 nitrogen and oxygen atoms in total. The number of amides is 1. The van der Waals surface area contributed by atoms with Gasteiger partial charge in [-0.3, -0.25) is 4.79 Å². The van der Waals surface area contributed by atoms with Crippen LogP contribution in [0.25, 0.3) is 11.6 Å². The van der Waals surface area contributed by atoms with Crippen molar-refractivity contribution in [1.82, 2.24) is 0 Å². The monoisotopic (exact) mass is 431 g/mol. The molecule has 0 atom stereocenters. The molecule has 0 saturated carbocycles. The van der Waals surface area contributed by atoms with Gasteiger partial charge in [0.15, 0.2) is 11.5 Å². The van der Waals surface area contributed by atoms with Crippen LogP contribution in [-0.4, -0.2) is 34.3 Å². The van der Waals surface area contributed by atoms with Crippen molar-refractivity contribution in [2.24, 2.45) is 0 Å². The van der Waals surface area contributed by atoms with Crippen LogP contribution < -0.4 is 23.8 Å². The van der Waals surface area contributed by atoms with Crippen LogP contribution in [0.2, 0.25) is 0 Å². The normalized spacial score (nSPS) is 13.8. The molecule has 3 aromatic rings. The molecular formula is C26H25NO5. The smallest absolute Gasteiger partial charge is 0.259 e. The van der Waals surface area contributed by atoms with E-state index in [1.165, 1.54) is 0 Å². The lowest BCUT2D eigenvalue weighted by Gasteiger charge is -2.17. The molecule has 1 amide bonds. The number of carbonyl (C=O) groups excluding carboxylic acids is 1. The van der Waals surface area contributed by atoms with Crippen molar-refractivity contribution in [3.8, 4) is 23.0 Å². The first kappa shape index (κ1) is 21.3. The van der Waals surface area contributed by atoms with Gasteiger partial charge >= 0.3 is 0 Å². The number of rotatable bonds is 7. The van der Waals surface area contributed by atoms with Crippen LogP contribution in [0.5, 0.6) is 23.0 Å². The lowest BCUT2D eigenvalue weighted by Crippen LogP contribution is -2.25. The second kappa shape index (κ2) is 9.06. The number of para-hydroxylation sites is 1. The molecule has 0 bridgehead atoms. The van der Waals surface area contributed by atoms with Crippen molar-refractivity contribution in [3.05, 3.63) is 77.4 Å². The predicted octanol–water partition coefficient (Wildman–Crippen LogP) is 4.81. The van der Waals surface area contributed by atoms with Gasteiger partial charge in [-0.05, 0) is 47.5 Å². The minimum atomic E-state index is -0.0595. The molecule has 32 heavy (non-hydrogen) atoms. The maximum Gasteiger partial charge on any atom is 0.259 e. The minimum absolute atomic E-state index is 0.0595. The van der Waals surface area contributed by atoms with Crippen LogP contribution in [-0.2, 0) is 11.3 Å². The van der Waals surface area contributed by atoms with Crippen molar-refractivity contribution in [3.63, 3.8) is 0 Å². The number of benzene rings is 3. The maximum atomic E-state index is 13.5. The quantitative estimate of drug-likeness (QED) is 0.503. The van der Waals surface area contributed by atoms with Gasteiger partial charge in [-0.2, -0.15) is 0 Å². The number of methoxy groups -OCH3 is 4. The Labute approximate surface area is 187 Å². The second-order valence-corrected chi connectivity index (χ2v) is 7.27. The molecule has 0 spiro atoms. The Morgan fingerprint density at radius 1 is 0.812 bits per heavy atom. The van der Waals surface area contributed by atoms with E-state index in [1.807, 2.05) is 66.7 Å². The molecule has 3 aromatic carbocycles. The first-order chi connectivity index (χ1) is 15.6. The summed E-state index contributed by atoms with van der Waals surface area (Å²) in [6.45, 7) is 0.465. The van der Waals surface area contributed by atoms with Crippen molar-refractivity contribution in [2.75, 3.05) is 33.3 Å². The summed E-state index contributed by atoms with van der Waals surface area (Å²) in [7, 11) is 6.34. The zero-order chi connectivity index (χ0) is 22.7. The van der Waals surface area contributed by atoms with E-state index >= 15 is 0 Å². The van der Waals surface area contributed by atoms with Gasteiger partial charge in [-0.25, -0.2) is 0 Å². The standard InChI is InChI=1S/C26H25NO5/c1-29-19-11-9-17(10-12-19)16-27-22-8-6-5-7-20(22)21(26(27)28)13-18-14-23(30-2)25(32-4)24(15-18)31-3/h5-15H,16H2,1-4H3/b21-13+. The van der Waals surface area contributed by atoms with Gasteiger partial charge < -0.3 is 23.8 Å². The summed E-state index contributed by atoms with van der Waals surface area (Å²) in [4.78, 5) is 15.3. The average molecular weight is 431 g/mol. The topological polar surface area (TPSA) is 57.2 Å². The van der Waals surface area contributed by atoms with Crippen LogP contribution in [0, 0.1) is 0 Å². The van der Waals surface area contributed by atoms with E-state index in [0.29, 0.717) is 29.4 Å². The minimum Gasteiger partial charge on any atom is -0.497 e. The maximum absolute atomic E-state index is 13.5. The number of nitrogens with zero attached hydrogens (tertiary/aromatic N) is 1. The third kappa shape index (κ3) is 3.87. The molecule has 1 aliphatic rings. The first-order valence-corrected chi connectivity index (χ1v) is 10.2. The van der Waals surface area contributed by atoms with Crippen LogP contribution in [0.15, 0.2) is 60.7 Å². The number of hydrogen-bond acceptors (Lipinski definition) is 5. The van der Waals surface area contributed by atoms with Gasteiger partial charge in [0, 0.05) is 11.1 Å². The summed E-state index contributed by atoms with van der Waals surface area (Å²) in [6.07, 6.45) is 1.86. The highest BCUT2D eigenvalue weighted by molar-refractivity contribution is 6.35. The van der Waals surface area contributed by atoms with Crippen LogP contribution in [0.4, 0.5) is 5.69 Å². The Hall–Kier alpha value is -3.93. The van der Waals surface area contributed by atoms with Gasteiger partial charge in [0.25, 0.3) is 5.91 Å². The van der Waals surface area contributed by atoms with Crippen LogP contribution in [0.1, 0.15) is 16.7 Å². The molecule has 0 saturated heterocycles. The predicted molar refractivity (Wildman–Crippen MR) is 125 cm³/mol. The molecule has 1 aliphatic heterocycles. The van der Waals surface area contributed by atoms with Gasteiger partial charge in [0.1, 0.15) is 5.75 Å². The number of carbonyl (C=O) groups is 1. The Kier molecular flexibility index (Phi) is 6.03. The fourth-order valence-corrected chi connectivity index (χ4v) is 3.87. The SMILES string of the molecule is COc1ccc(CN2C(=O)/C(=C/c3cc(OC)c(OC)c(OC)c3)c3ccccc32)cc1. The fraction of sp³-hybridized carbons (Fsp3) is 0.192. The molecular weight excluding hydrogens is 406 g/mol. The second-order valence-electron chi connectivity index (χ2n) is 7.27. The average Bonchev–Trinajstić information content (AvgIpc) is 3.09. The van der Waals surface area contributed by atoms with Gasteiger partial charge in [-0.15, -0.1) is 0 Å². The van der Waals surface area contributed by atoms with E-state index in [4.69, 9.17) is 18.9 Å². The first-order valence-electron chi connectivity index (χ1n) is 10.2. The van der Waals surface area contributed by atoms with Gasteiger partial charge in [0.2, 0.25) is 5.75 Å². The van der Waals surface area contributed by atoms with Crippen molar-refractivity contribution < 1.29 is 23.7 Å². The van der Waals surface area contributed by atoms with Gasteiger partial charge in [0.05, 0.1) is 40.7 Å². The molecule has 0 aliphatic carbocycles. The summed E-state index contributed by atoms with van der Waals surface area (Å²) in [6, 6.07) is 19.2. The van der Waals surface area contributed by atoms with E-state index in [2.05, 4.69) is 0 Å². The Morgan fingerprint density at radius 2 is 1.47 bits per heavy atom. The number of fused-ring (bicyclic) bond motifs is 1. The third-order valence-electron chi connectivity index (χ3n) is 5.46.